The quantitative estimate of drug-likeness (QED) is 0.536. The number of alkyl halides is 1. The van der Waals surface area contributed by atoms with Gasteiger partial charge in [0.2, 0.25) is 5.88 Å². The molecule has 0 aromatic carbocycles. The minimum Gasteiger partial charge on any atom is -0.475 e. The Morgan fingerprint density at radius 2 is 2.06 bits per heavy atom. The number of rotatable bonds is 8. The normalized spacial score (nSPS) is 10.9. The first-order valence-electron chi connectivity index (χ1n) is 6.42. The van der Waals surface area contributed by atoms with Crippen LogP contribution in [-0.2, 0) is 17.0 Å². The number of halogens is 1. The predicted molar refractivity (Wildman–Crippen MR) is 74.3 cm³/mol. The van der Waals surface area contributed by atoms with Crippen LogP contribution in [0.5, 0.6) is 5.88 Å². The molecular weight excluding hydrogens is 250 g/mol. The van der Waals surface area contributed by atoms with E-state index in [9.17, 15) is 0 Å². The van der Waals surface area contributed by atoms with Crippen molar-refractivity contribution in [2.45, 2.75) is 33.1 Å². The van der Waals surface area contributed by atoms with Crippen LogP contribution in [0.4, 0.5) is 0 Å². The molecule has 102 valence electrons. The SMILES string of the molecule is CCc1cc(CCl)cc(OCCOCC(C)C)n1. The summed E-state index contributed by atoms with van der Waals surface area (Å²) in [5, 5.41) is 0. The summed E-state index contributed by atoms with van der Waals surface area (Å²) in [5.41, 5.74) is 2.05. The number of hydrogen-bond donors (Lipinski definition) is 0. The maximum Gasteiger partial charge on any atom is 0.213 e. The Kier molecular flexibility index (Phi) is 7.06. The van der Waals surface area contributed by atoms with Crippen LogP contribution in [0.1, 0.15) is 32.0 Å². The van der Waals surface area contributed by atoms with Crippen LogP contribution >= 0.6 is 11.6 Å². The zero-order valence-electron chi connectivity index (χ0n) is 11.4. The fraction of sp³-hybridized carbons (Fsp3) is 0.643. The molecule has 0 N–H and O–H groups in total. The molecule has 0 radical (unpaired) electrons. The second-order valence-corrected chi connectivity index (χ2v) is 4.88. The van der Waals surface area contributed by atoms with Crippen molar-refractivity contribution in [1.82, 2.24) is 4.98 Å². The van der Waals surface area contributed by atoms with Gasteiger partial charge in [0.25, 0.3) is 0 Å². The van der Waals surface area contributed by atoms with E-state index in [2.05, 4.69) is 25.8 Å². The van der Waals surface area contributed by atoms with Crippen molar-refractivity contribution in [1.29, 1.82) is 0 Å². The molecule has 0 aliphatic carbocycles. The molecule has 1 rings (SSSR count). The molecule has 3 nitrogen and oxygen atoms in total. The molecule has 1 heterocycles. The van der Waals surface area contributed by atoms with E-state index in [1.807, 2.05) is 12.1 Å². The summed E-state index contributed by atoms with van der Waals surface area (Å²) in [6, 6.07) is 3.89. The zero-order chi connectivity index (χ0) is 13.4. The highest BCUT2D eigenvalue weighted by Gasteiger charge is 2.02. The number of hydrogen-bond acceptors (Lipinski definition) is 3. The Bertz CT molecular complexity index is 333. The molecule has 0 saturated carbocycles. The van der Waals surface area contributed by atoms with Crippen LogP contribution in [-0.4, -0.2) is 24.8 Å². The predicted octanol–water partition coefficient (Wildman–Crippen LogP) is 3.43. The molecule has 4 heteroatoms. The molecule has 0 bridgehead atoms. The molecule has 0 atom stereocenters. The van der Waals surface area contributed by atoms with Gasteiger partial charge in [0, 0.05) is 24.2 Å². The zero-order valence-corrected chi connectivity index (χ0v) is 12.2. The second kappa shape index (κ2) is 8.33. The lowest BCUT2D eigenvalue weighted by atomic mass is 10.2. The first kappa shape index (κ1) is 15.3. The van der Waals surface area contributed by atoms with E-state index in [1.165, 1.54) is 0 Å². The van der Waals surface area contributed by atoms with Crippen molar-refractivity contribution in [3.63, 3.8) is 0 Å². The lowest BCUT2D eigenvalue weighted by Crippen LogP contribution is -2.11. The van der Waals surface area contributed by atoms with Gasteiger partial charge in [-0.2, -0.15) is 0 Å². The van der Waals surface area contributed by atoms with Gasteiger partial charge in [-0.05, 0) is 24.0 Å². The first-order valence-corrected chi connectivity index (χ1v) is 6.95. The Morgan fingerprint density at radius 3 is 2.67 bits per heavy atom. The molecule has 18 heavy (non-hydrogen) atoms. The summed E-state index contributed by atoms with van der Waals surface area (Å²) in [5.74, 6) is 1.67. The van der Waals surface area contributed by atoms with Gasteiger partial charge in [0.15, 0.2) is 0 Å². The van der Waals surface area contributed by atoms with Crippen molar-refractivity contribution in [3.8, 4) is 5.88 Å². The standard InChI is InChI=1S/C14H22ClNO2/c1-4-13-7-12(9-15)8-14(16-13)18-6-5-17-10-11(2)3/h7-8,11H,4-6,9-10H2,1-3H3. The molecule has 0 amide bonds. The summed E-state index contributed by atoms with van der Waals surface area (Å²) >= 11 is 5.84. The maximum atomic E-state index is 5.84. The number of aryl methyl sites for hydroxylation is 1. The van der Waals surface area contributed by atoms with Gasteiger partial charge in [-0.25, -0.2) is 4.98 Å². The van der Waals surface area contributed by atoms with Crippen molar-refractivity contribution in [2.24, 2.45) is 5.92 Å². The van der Waals surface area contributed by atoms with Gasteiger partial charge in [0.1, 0.15) is 6.61 Å². The monoisotopic (exact) mass is 271 g/mol. The van der Waals surface area contributed by atoms with Crippen LogP contribution in [0.25, 0.3) is 0 Å². The van der Waals surface area contributed by atoms with E-state index in [0.29, 0.717) is 30.9 Å². The van der Waals surface area contributed by atoms with Crippen molar-refractivity contribution >= 4 is 11.6 Å². The molecule has 0 saturated heterocycles. The molecule has 1 aromatic heterocycles. The summed E-state index contributed by atoms with van der Waals surface area (Å²) in [6.07, 6.45) is 0.880. The first-order chi connectivity index (χ1) is 8.65. The summed E-state index contributed by atoms with van der Waals surface area (Å²) in [4.78, 5) is 4.40. The lowest BCUT2D eigenvalue weighted by Gasteiger charge is -2.10. The minimum atomic E-state index is 0.482. The van der Waals surface area contributed by atoms with Crippen LogP contribution < -0.4 is 4.74 Å². The second-order valence-electron chi connectivity index (χ2n) is 4.61. The number of nitrogens with zero attached hydrogens (tertiary/aromatic N) is 1. The Balaban J connectivity index is 2.41. The van der Waals surface area contributed by atoms with Crippen molar-refractivity contribution < 1.29 is 9.47 Å². The van der Waals surface area contributed by atoms with E-state index in [1.54, 1.807) is 0 Å². The van der Waals surface area contributed by atoms with Crippen LogP contribution in [0.15, 0.2) is 12.1 Å². The minimum absolute atomic E-state index is 0.482. The van der Waals surface area contributed by atoms with Gasteiger partial charge in [-0.3, -0.25) is 0 Å². The van der Waals surface area contributed by atoms with Gasteiger partial charge < -0.3 is 9.47 Å². The molecule has 0 spiro atoms. The van der Waals surface area contributed by atoms with E-state index in [-0.39, 0.29) is 0 Å². The van der Waals surface area contributed by atoms with E-state index in [0.717, 1.165) is 24.3 Å². The smallest absolute Gasteiger partial charge is 0.213 e. The van der Waals surface area contributed by atoms with Crippen molar-refractivity contribution in [3.05, 3.63) is 23.4 Å². The summed E-state index contributed by atoms with van der Waals surface area (Å²) < 4.78 is 11.0. The lowest BCUT2D eigenvalue weighted by molar-refractivity contribution is 0.0805. The Morgan fingerprint density at radius 1 is 1.28 bits per heavy atom. The molecule has 0 unspecified atom stereocenters. The van der Waals surface area contributed by atoms with E-state index >= 15 is 0 Å². The fourth-order valence-corrected chi connectivity index (χ4v) is 1.63. The fourth-order valence-electron chi connectivity index (χ4n) is 1.48. The highest BCUT2D eigenvalue weighted by atomic mass is 35.5. The van der Waals surface area contributed by atoms with Gasteiger partial charge in [0.05, 0.1) is 6.61 Å². The summed E-state index contributed by atoms with van der Waals surface area (Å²) in [6.45, 7) is 8.19. The highest BCUT2D eigenvalue weighted by Crippen LogP contribution is 2.15. The topological polar surface area (TPSA) is 31.4 Å². The molecule has 1 aromatic rings. The van der Waals surface area contributed by atoms with Crippen LogP contribution in [0.2, 0.25) is 0 Å². The number of pyridine rings is 1. The van der Waals surface area contributed by atoms with E-state index < -0.39 is 0 Å². The van der Waals surface area contributed by atoms with Gasteiger partial charge in [-0.15, -0.1) is 11.6 Å². The van der Waals surface area contributed by atoms with Crippen molar-refractivity contribution in [2.75, 3.05) is 19.8 Å². The Labute approximate surface area is 114 Å². The summed E-state index contributed by atoms with van der Waals surface area (Å²) in [7, 11) is 0. The third-order valence-corrected chi connectivity index (χ3v) is 2.67. The third-order valence-electron chi connectivity index (χ3n) is 2.36. The van der Waals surface area contributed by atoms with E-state index in [4.69, 9.17) is 21.1 Å². The van der Waals surface area contributed by atoms with Gasteiger partial charge >= 0.3 is 0 Å². The van der Waals surface area contributed by atoms with Crippen LogP contribution in [0, 0.1) is 5.92 Å². The molecule has 0 aliphatic rings. The largest absolute Gasteiger partial charge is 0.475 e. The average Bonchev–Trinajstić information content (AvgIpc) is 2.37. The van der Waals surface area contributed by atoms with Crippen LogP contribution in [0.3, 0.4) is 0 Å². The number of ether oxygens (including phenoxy) is 2. The number of aromatic nitrogens is 1. The maximum absolute atomic E-state index is 5.84. The van der Waals surface area contributed by atoms with Gasteiger partial charge in [-0.1, -0.05) is 20.8 Å². The Hall–Kier alpha value is -0.800. The highest BCUT2D eigenvalue weighted by molar-refractivity contribution is 6.17. The molecule has 0 fully saturated rings. The molecular formula is C14H22ClNO2. The third kappa shape index (κ3) is 5.69. The molecule has 0 aliphatic heterocycles. The average molecular weight is 272 g/mol.